The van der Waals surface area contributed by atoms with E-state index in [1.165, 1.54) is 5.69 Å². The van der Waals surface area contributed by atoms with E-state index in [2.05, 4.69) is 24.6 Å². The van der Waals surface area contributed by atoms with Gasteiger partial charge in [0.25, 0.3) is 0 Å². The summed E-state index contributed by atoms with van der Waals surface area (Å²) in [6.07, 6.45) is 5.65. The van der Waals surface area contributed by atoms with Crippen molar-refractivity contribution in [2.45, 2.75) is 45.6 Å². The fourth-order valence-electron chi connectivity index (χ4n) is 3.37. The smallest absolute Gasteiger partial charge is 0.165 e. The first-order valence-corrected chi connectivity index (χ1v) is 8.53. The van der Waals surface area contributed by atoms with E-state index in [0.717, 1.165) is 36.3 Å². The van der Waals surface area contributed by atoms with Crippen molar-refractivity contribution < 1.29 is 9.00 Å². The van der Waals surface area contributed by atoms with Crippen LogP contribution in [-0.2, 0) is 17.2 Å². The highest BCUT2D eigenvalue weighted by Crippen LogP contribution is 2.37. The summed E-state index contributed by atoms with van der Waals surface area (Å²) in [7, 11) is -0.627. The number of carbonyl (C=O) groups excluding carboxylic acids is 1. The molecular weight excluding hydrogens is 258 g/mol. The molecule has 0 amide bonds. The van der Waals surface area contributed by atoms with Gasteiger partial charge in [-0.2, -0.15) is 0 Å². The number of hydrogen-bond acceptors (Lipinski definition) is 2. The average molecular weight is 279 g/mol. The molecule has 1 aliphatic carbocycles. The van der Waals surface area contributed by atoms with Gasteiger partial charge in [-0.05, 0) is 30.7 Å². The minimum absolute atomic E-state index is 0.0671. The van der Waals surface area contributed by atoms with Crippen molar-refractivity contribution in [3.05, 3.63) is 23.5 Å². The van der Waals surface area contributed by atoms with Crippen molar-refractivity contribution in [3.63, 3.8) is 0 Å². The molecule has 19 heavy (non-hydrogen) atoms. The van der Waals surface area contributed by atoms with E-state index in [4.69, 9.17) is 0 Å². The molecule has 0 radical (unpaired) electrons. The van der Waals surface area contributed by atoms with Gasteiger partial charge >= 0.3 is 0 Å². The predicted molar refractivity (Wildman–Crippen MR) is 77.0 cm³/mol. The molecular formula is C15H21NO2S. The van der Waals surface area contributed by atoms with E-state index in [-0.39, 0.29) is 11.2 Å². The first-order valence-electron chi connectivity index (χ1n) is 7.04. The Labute approximate surface area is 116 Å². The van der Waals surface area contributed by atoms with E-state index >= 15 is 0 Å². The second kappa shape index (κ2) is 4.58. The molecule has 0 aromatic carbocycles. The highest BCUT2D eigenvalue weighted by molar-refractivity contribution is 7.85. The standard InChI is InChI=1S/C15H21NO2S/c1-15(2)9-13-12(14(17)10-15)3-6-16(13)11-4-7-19(18)8-5-11/h3,6,11H,4-5,7-10H2,1-2H3. The number of carbonyl (C=O) groups is 1. The van der Waals surface area contributed by atoms with Crippen LogP contribution >= 0.6 is 0 Å². The minimum atomic E-state index is -0.627. The van der Waals surface area contributed by atoms with Gasteiger partial charge in [-0.3, -0.25) is 9.00 Å². The second-order valence-corrected chi connectivity index (χ2v) is 8.30. The zero-order valence-corrected chi connectivity index (χ0v) is 12.5. The van der Waals surface area contributed by atoms with E-state index in [1.54, 1.807) is 0 Å². The maximum absolute atomic E-state index is 12.2. The van der Waals surface area contributed by atoms with Gasteiger partial charge in [-0.1, -0.05) is 13.8 Å². The Balaban J connectivity index is 1.93. The van der Waals surface area contributed by atoms with Gasteiger partial charge in [-0.15, -0.1) is 0 Å². The Morgan fingerprint density at radius 3 is 2.63 bits per heavy atom. The van der Waals surface area contributed by atoms with Crippen LogP contribution in [0.3, 0.4) is 0 Å². The fourth-order valence-corrected chi connectivity index (χ4v) is 4.64. The maximum atomic E-state index is 12.2. The molecule has 1 saturated heterocycles. The molecule has 1 fully saturated rings. The normalized spacial score (nSPS) is 30.1. The topological polar surface area (TPSA) is 39.1 Å². The Morgan fingerprint density at radius 1 is 1.26 bits per heavy atom. The summed E-state index contributed by atoms with van der Waals surface area (Å²) in [6.45, 7) is 4.34. The number of ketones is 1. The molecule has 1 aliphatic heterocycles. The van der Waals surface area contributed by atoms with E-state index in [0.29, 0.717) is 12.5 Å². The maximum Gasteiger partial charge on any atom is 0.165 e. The lowest BCUT2D eigenvalue weighted by atomic mass is 9.76. The van der Waals surface area contributed by atoms with Gasteiger partial charge in [0.2, 0.25) is 0 Å². The molecule has 2 heterocycles. The third kappa shape index (κ3) is 2.42. The predicted octanol–water partition coefficient (Wildman–Crippen LogP) is 2.73. The summed E-state index contributed by atoms with van der Waals surface area (Å²) in [5.74, 6) is 1.88. The Morgan fingerprint density at radius 2 is 1.95 bits per heavy atom. The van der Waals surface area contributed by atoms with Crippen LogP contribution in [0.5, 0.6) is 0 Å². The largest absolute Gasteiger partial charge is 0.348 e. The van der Waals surface area contributed by atoms with E-state index in [1.807, 2.05) is 6.07 Å². The van der Waals surface area contributed by atoms with Crippen LogP contribution in [-0.4, -0.2) is 26.1 Å². The number of rotatable bonds is 1. The van der Waals surface area contributed by atoms with Gasteiger partial charge in [0.1, 0.15) is 0 Å². The molecule has 0 saturated carbocycles. The quantitative estimate of drug-likeness (QED) is 0.793. The highest BCUT2D eigenvalue weighted by atomic mass is 32.2. The Kier molecular flexibility index (Phi) is 3.16. The monoisotopic (exact) mass is 279 g/mol. The summed E-state index contributed by atoms with van der Waals surface area (Å²) < 4.78 is 13.8. The average Bonchev–Trinajstić information content (AvgIpc) is 2.72. The molecule has 1 aromatic rings. The summed E-state index contributed by atoms with van der Waals surface area (Å²) >= 11 is 0. The molecule has 3 rings (SSSR count). The zero-order chi connectivity index (χ0) is 13.6. The molecule has 0 spiro atoms. The van der Waals surface area contributed by atoms with Crippen molar-refractivity contribution in [1.29, 1.82) is 0 Å². The molecule has 0 bridgehead atoms. The summed E-state index contributed by atoms with van der Waals surface area (Å²) in [5.41, 5.74) is 2.20. The van der Waals surface area contributed by atoms with Crippen LogP contribution in [0.15, 0.2) is 12.3 Å². The molecule has 3 nitrogen and oxygen atoms in total. The van der Waals surface area contributed by atoms with Crippen molar-refractivity contribution in [3.8, 4) is 0 Å². The van der Waals surface area contributed by atoms with Crippen molar-refractivity contribution >= 4 is 16.6 Å². The third-order valence-corrected chi connectivity index (χ3v) is 5.74. The zero-order valence-electron chi connectivity index (χ0n) is 11.6. The van der Waals surface area contributed by atoms with Crippen LogP contribution in [0, 0.1) is 5.41 Å². The molecule has 4 heteroatoms. The summed E-state index contributed by atoms with van der Waals surface area (Å²) in [4.78, 5) is 12.2. The SMILES string of the molecule is CC1(C)CC(=O)c2ccn(C3CCS(=O)CC3)c2C1. The second-order valence-electron chi connectivity index (χ2n) is 6.60. The fraction of sp³-hybridized carbons (Fsp3) is 0.667. The number of fused-ring (bicyclic) bond motifs is 1. The lowest BCUT2D eigenvalue weighted by Gasteiger charge is -2.32. The molecule has 0 N–H and O–H groups in total. The van der Waals surface area contributed by atoms with Crippen LogP contribution in [0.25, 0.3) is 0 Å². The lowest BCUT2D eigenvalue weighted by Crippen LogP contribution is -2.30. The summed E-state index contributed by atoms with van der Waals surface area (Å²) in [6, 6.07) is 2.42. The van der Waals surface area contributed by atoms with E-state index < -0.39 is 10.8 Å². The molecule has 104 valence electrons. The van der Waals surface area contributed by atoms with Gasteiger partial charge in [0.05, 0.1) is 0 Å². The van der Waals surface area contributed by atoms with Crippen LogP contribution in [0.4, 0.5) is 0 Å². The van der Waals surface area contributed by atoms with Crippen molar-refractivity contribution in [1.82, 2.24) is 4.57 Å². The van der Waals surface area contributed by atoms with Crippen molar-refractivity contribution in [2.75, 3.05) is 11.5 Å². The summed E-state index contributed by atoms with van der Waals surface area (Å²) in [5, 5.41) is 0. The number of nitrogens with zero attached hydrogens (tertiary/aromatic N) is 1. The third-order valence-electron chi connectivity index (χ3n) is 4.36. The molecule has 2 aliphatic rings. The Hall–Kier alpha value is -0.900. The Bertz CT molecular complexity index is 534. The molecule has 0 atom stereocenters. The van der Waals surface area contributed by atoms with Crippen LogP contribution in [0.2, 0.25) is 0 Å². The minimum Gasteiger partial charge on any atom is -0.348 e. The number of aromatic nitrogens is 1. The van der Waals surface area contributed by atoms with Gasteiger partial charge in [0, 0.05) is 52.2 Å². The van der Waals surface area contributed by atoms with Gasteiger partial charge in [-0.25, -0.2) is 0 Å². The van der Waals surface area contributed by atoms with Crippen LogP contribution in [0.1, 0.15) is 55.2 Å². The molecule has 0 unspecified atom stereocenters. The number of Topliss-reactive ketones (excluding diaryl/α,β-unsaturated/α-hetero) is 1. The van der Waals surface area contributed by atoms with Crippen LogP contribution < -0.4 is 0 Å². The first-order chi connectivity index (χ1) is 8.96. The van der Waals surface area contributed by atoms with E-state index in [9.17, 15) is 9.00 Å². The van der Waals surface area contributed by atoms with Gasteiger partial charge in [0.15, 0.2) is 5.78 Å². The lowest BCUT2D eigenvalue weighted by molar-refractivity contribution is 0.0909. The first kappa shape index (κ1) is 13.1. The molecule has 1 aromatic heterocycles. The van der Waals surface area contributed by atoms with Gasteiger partial charge < -0.3 is 4.57 Å². The van der Waals surface area contributed by atoms with Crippen molar-refractivity contribution in [2.24, 2.45) is 5.41 Å². The number of hydrogen-bond donors (Lipinski definition) is 0. The highest BCUT2D eigenvalue weighted by Gasteiger charge is 2.34.